The van der Waals surface area contributed by atoms with Gasteiger partial charge in [-0.3, -0.25) is 0 Å². The molecule has 0 aliphatic rings. The summed E-state index contributed by atoms with van der Waals surface area (Å²) in [7, 11) is 4.14. The van der Waals surface area contributed by atoms with E-state index in [0.717, 1.165) is 30.8 Å². The summed E-state index contributed by atoms with van der Waals surface area (Å²) in [5.41, 5.74) is 1.07. The van der Waals surface area contributed by atoms with Gasteiger partial charge in [0.2, 0.25) is 0 Å². The topological polar surface area (TPSA) is 41.1 Å². The van der Waals surface area contributed by atoms with Gasteiger partial charge in [0.1, 0.15) is 17.3 Å². The minimum atomic E-state index is 0.0565. The van der Waals surface area contributed by atoms with Crippen LogP contribution in [0.15, 0.2) is 6.33 Å². The summed E-state index contributed by atoms with van der Waals surface area (Å²) in [6, 6.07) is 0. The van der Waals surface area contributed by atoms with E-state index in [2.05, 4.69) is 55.1 Å². The average Bonchev–Trinajstić information content (AvgIpc) is 2.30. The molecule has 0 bridgehead atoms. The second kappa shape index (κ2) is 6.34. The van der Waals surface area contributed by atoms with Crippen molar-refractivity contribution in [2.45, 2.75) is 39.2 Å². The van der Waals surface area contributed by atoms with Crippen molar-refractivity contribution in [2.75, 3.05) is 26.0 Å². The summed E-state index contributed by atoms with van der Waals surface area (Å²) in [6.45, 7) is 7.30. The van der Waals surface area contributed by atoms with Gasteiger partial charge >= 0.3 is 0 Å². The Labute approximate surface area is 115 Å². The highest BCUT2D eigenvalue weighted by atomic mass is 35.5. The molecule has 1 heterocycles. The lowest BCUT2D eigenvalue weighted by Crippen LogP contribution is -2.44. The first-order valence-corrected chi connectivity index (χ1v) is 6.67. The predicted molar refractivity (Wildman–Crippen MR) is 77.3 cm³/mol. The molecule has 0 saturated heterocycles. The molecule has 4 nitrogen and oxygen atoms in total. The third-order valence-corrected chi connectivity index (χ3v) is 3.62. The third-order valence-electron chi connectivity index (χ3n) is 3.29. The molecule has 1 aromatic heterocycles. The van der Waals surface area contributed by atoms with Gasteiger partial charge in [0.15, 0.2) is 0 Å². The highest BCUT2D eigenvalue weighted by Gasteiger charge is 2.21. The number of aromatic nitrogens is 2. The van der Waals surface area contributed by atoms with E-state index in [4.69, 9.17) is 11.6 Å². The Morgan fingerprint density at radius 2 is 2.00 bits per heavy atom. The molecule has 18 heavy (non-hydrogen) atoms. The van der Waals surface area contributed by atoms with E-state index in [-0.39, 0.29) is 5.54 Å². The summed E-state index contributed by atoms with van der Waals surface area (Å²) >= 11 is 6.12. The van der Waals surface area contributed by atoms with Crippen LogP contribution < -0.4 is 5.32 Å². The van der Waals surface area contributed by atoms with E-state index in [1.54, 1.807) is 0 Å². The van der Waals surface area contributed by atoms with Gasteiger partial charge in [0.25, 0.3) is 0 Å². The maximum Gasteiger partial charge on any atom is 0.137 e. The normalized spacial score (nSPS) is 11.9. The van der Waals surface area contributed by atoms with Crippen molar-refractivity contribution in [2.24, 2.45) is 0 Å². The zero-order valence-electron chi connectivity index (χ0n) is 11.9. The van der Waals surface area contributed by atoms with Gasteiger partial charge in [-0.25, -0.2) is 9.97 Å². The molecule has 0 saturated carbocycles. The maximum atomic E-state index is 6.12. The molecule has 0 atom stereocenters. The summed E-state index contributed by atoms with van der Waals surface area (Å²) in [4.78, 5) is 10.5. The van der Waals surface area contributed by atoms with E-state index in [1.807, 2.05) is 0 Å². The van der Waals surface area contributed by atoms with Crippen LogP contribution in [0.25, 0.3) is 0 Å². The number of halogens is 1. The first-order valence-electron chi connectivity index (χ1n) is 6.29. The number of likely N-dealkylation sites (N-methyl/N-ethyl adjacent to an activating group) is 1. The molecule has 1 N–H and O–H groups in total. The van der Waals surface area contributed by atoms with Crippen LogP contribution in [0.2, 0.25) is 5.15 Å². The molecule has 0 aromatic carbocycles. The van der Waals surface area contributed by atoms with Crippen molar-refractivity contribution in [3.8, 4) is 0 Å². The average molecular weight is 271 g/mol. The Morgan fingerprint density at radius 1 is 1.33 bits per heavy atom. The molecule has 102 valence electrons. The van der Waals surface area contributed by atoms with Crippen LogP contribution in [-0.4, -0.2) is 41.0 Å². The lowest BCUT2D eigenvalue weighted by molar-refractivity contribution is 0.210. The second-order valence-electron chi connectivity index (χ2n) is 5.30. The van der Waals surface area contributed by atoms with Crippen LogP contribution in [0.4, 0.5) is 5.82 Å². The van der Waals surface area contributed by atoms with E-state index in [9.17, 15) is 0 Å². The van der Waals surface area contributed by atoms with Crippen molar-refractivity contribution in [1.82, 2.24) is 14.9 Å². The Bertz CT molecular complexity index is 391. The van der Waals surface area contributed by atoms with Gasteiger partial charge in [-0.05, 0) is 34.4 Å². The summed E-state index contributed by atoms with van der Waals surface area (Å²) in [5, 5.41) is 3.94. The number of anilines is 1. The molecule has 5 heteroatoms. The lowest BCUT2D eigenvalue weighted by Gasteiger charge is -2.33. The fourth-order valence-electron chi connectivity index (χ4n) is 1.47. The molecule has 0 spiro atoms. The van der Waals surface area contributed by atoms with Crippen LogP contribution >= 0.6 is 11.6 Å². The number of hydrogen-bond donors (Lipinski definition) is 1. The van der Waals surface area contributed by atoms with E-state index < -0.39 is 0 Å². The van der Waals surface area contributed by atoms with Crippen molar-refractivity contribution in [3.63, 3.8) is 0 Å². The Balaban J connectivity index is 2.82. The maximum absolute atomic E-state index is 6.12. The Kier molecular flexibility index (Phi) is 5.35. The van der Waals surface area contributed by atoms with Gasteiger partial charge in [0.05, 0.1) is 0 Å². The van der Waals surface area contributed by atoms with Crippen LogP contribution in [0, 0.1) is 0 Å². The summed E-state index contributed by atoms with van der Waals surface area (Å²) in [5.74, 6) is 0.853. The predicted octanol–water partition coefficient (Wildman–Crippen LogP) is 2.83. The third kappa shape index (κ3) is 3.82. The fraction of sp³-hybridized carbons (Fsp3) is 0.692. The molecule has 0 aliphatic carbocycles. The summed E-state index contributed by atoms with van der Waals surface area (Å²) < 4.78 is 0. The monoisotopic (exact) mass is 270 g/mol. The molecular formula is C13H23ClN4. The number of hydrogen-bond acceptors (Lipinski definition) is 4. The molecule has 0 fully saturated rings. The Morgan fingerprint density at radius 3 is 2.56 bits per heavy atom. The largest absolute Gasteiger partial charge is 0.368 e. The van der Waals surface area contributed by atoms with Crippen LogP contribution in [0.1, 0.15) is 32.8 Å². The second-order valence-corrected chi connectivity index (χ2v) is 5.66. The molecule has 0 aliphatic heterocycles. The quantitative estimate of drug-likeness (QED) is 0.807. The molecule has 1 rings (SSSR count). The molecule has 1 aromatic rings. The molecular weight excluding hydrogens is 248 g/mol. The summed E-state index contributed by atoms with van der Waals surface area (Å²) in [6.07, 6.45) is 3.43. The molecule has 0 amide bonds. The highest BCUT2D eigenvalue weighted by molar-refractivity contribution is 6.30. The number of nitrogens with zero attached hydrogens (tertiary/aromatic N) is 3. The van der Waals surface area contributed by atoms with Crippen molar-refractivity contribution in [3.05, 3.63) is 17.0 Å². The standard InChI is InChI=1S/C13H23ClN4/c1-6-7-10-11(14)16-9-17-12(10)15-8-13(2,3)18(4)5/h9H,6-8H2,1-5H3,(H,15,16,17). The van der Waals surface area contributed by atoms with Gasteiger partial charge in [-0.2, -0.15) is 0 Å². The minimum absolute atomic E-state index is 0.0565. The van der Waals surface area contributed by atoms with Gasteiger partial charge in [-0.1, -0.05) is 24.9 Å². The first-order chi connectivity index (χ1) is 8.38. The SMILES string of the molecule is CCCc1c(Cl)ncnc1NCC(C)(C)N(C)C. The Hall–Kier alpha value is -0.870. The van der Waals surface area contributed by atoms with E-state index >= 15 is 0 Å². The zero-order valence-corrected chi connectivity index (χ0v) is 12.7. The van der Waals surface area contributed by atoms with Crippen LogP contribution in [-0.2, 0) is 6.42 Å². The van der Waals surface area contributed by atoms with Gasteiger partial charge in [-0.15, -0.1) is 0 Å². The van der Waals surface area contributed by atoms with Crippen molar-refractivity contribution >= 4 is 17.4 Å². The fourth-order valence-corrected chi connectivity index (χ4v) is 1.70. The van der Waals surface area contributed by atoms with E-state index in [1.165, 1.54) is 6.33 Å². The minimum Gasteiger partial charge on any atom is -0.368 e. The van der Waals surface area contributed by atoms with Gasteiger partial charge in [0, 0.05) is 17.6 Å². The van der Waals surface area contributed by atoms with Crippen molar-refractivity contribution < 1.29 is 0 Å². The molecule has 0 unspecified atom stereocenters. The first kappa shape index (κ1) is 15.2. The zero-order chi connectivity index (χ0) is 13.8. The van der Waals surface area contributed by atoms with E-state index in [0.29, 0.717) is 5.15 Å². The van der Waals surface area contributed by atoms with Crippen molar-refractivity contribution in [1.29, 1.82) is 0 Å². The van der Waals surface area contributed by atoms with Crippen LogP contribution in [0.5, 0.6) is 0 Å². The number of nitrogens with one attached hydrogen (secondary N) is 1. The lowest BCUT2D eigenvalue weighted by atomic mass is 10.0. The number of rotatable bonds is 6. The van der Waals surface area contributed by atoms with Crippen LogP contribution in [0.3, 0.4) is 0 Å². The smallest absolute Gasteiger partial charge is 0.137 e. The van der Waals surface area contributed by atoms with Gasteiger partial charge < -0.3 is 10.2 Å². The molecule has 0 radical (unpaired) electrons. The highest BCUT2D eigenvalue weighted by Crippen LogP contribution is 2.22.